The van der Waals surface area contributed by atoms with Crippen LogP contribution in [0.4, 0.5) is 11.4 Å². The fourth-order valence-corrected chi connectivity index (χ4v) is 2.75. The van der Waals surface area contributed by atoms with Gasteiger partial charge in [-0.2, -0.15) is 0 Å². The molecule has 2 N–H and O–H groups in total. The van der Waals surface area contributed by atoms with Crippen LogP contribution in [0.3, 0.4) is 0 Å². The van der Waals surface area contributed by atoms with Crippen molar-refractivity contribution in [1.82, 2.24) is 10.3 Å². The molecule has 5 heteroatoms. The molecule has 1 fully saturated rings. The molecule has 1 aliphatic heterocycles. The molecule has 1 saturated heterocycles. The molecule has 1 aliphatic rings. The van der Waals surface area contributed by atoms with Crippen molar-refractivity contribution in [2.45, 2.75) is 26.2 Å². The number of anilines is 2. The Labute approximate surface area is 120 Å². The van der Waals surface area contributed by atoms with E-state index in [2.05, 4.69) is 22.5 Å². The lowest BCUT2D eigenvalue weighted by Crippen LogP contribution is -2.47. The van der Waals surface area contributed by atoms with Gasteiger partial charge in [-0.25, -0.2) is 0 Å². The van der Waals surface area contributed by atoms with Crippen LogP contribution in [0.25, 0.3) is 0 Å². The molecule has 0 saturated carbocycles. The van der Waals surface area contributed by atoms with E-state index in [-0.39, 0.29) is 11.3 Å². The number of hydrogen-bond acceptors (Lipinski definition) is 4. The van der Waals surface area contributed by atoms with Crippen molar-refractivity contribution in [3.63, 3.8) is 0 Å². The van der Waals surface area contributed by atoms with Crippen LogP contribution >= 0.6 is 0 Å². The number of aromatic nitrogens is 1. The minimum Gasteiger partial charge on any atom is -0.376 e. The van der Waals surface area contributed by atoms with Gasteiger partial charge in [-0.3, -0.25) is 9.78 Å². The first-order valence-corrected chi connectivity index (χ1v) is 7.22. The summed E-state index contributed by atoms with van der Waals surface area (Å²) in [5.74, 6) is 0.100. The summed E-state index contributed by atoms with van der Waals surface area (Å²) in [6, 6.07) is 1.91. The van der Waals surface area contributed by atoms with E-state index in [0.29, 0.717) is 0 Å². The van der Waals surface area contributed by atoms with Crippen molar-refractivity contribution in [1.29, 1.82) is 0 Å². The normalized spacial score (nSPS) is 22.4. The van der Waals surface area contributed by atoms with E-state index in [1.54, 1.807) is 12.4 Å². The highest BCUT2D eigenvalue weighted by molar-refractivity contribution is 5.98. The summed E-state index contributed by atoms with van der Waals surface area (Å²) in [5, 5.41) is 6.41. The molecular weight excluding hydrogens is 252 g/mol. The molecular formula is C15H24N4O. The van der Waals surface area contributed by atoms with Gasteiger partial charge >= 0.3 is 0 Å². The minimum atomic E-state index is -0.294. The van der Waals surface area contributed by atoms with E-state index in [1.807, 2.05) is 25.1 Å². The molecule has 1 amide bonds. The van der Waals surface area contributed by atoms with Gasteiger partial charge in [-0.05, 0) is 31.9 Å². The number of pyridine rings is 1. The third-order valence-electron chi connectivity index (χ3n) is 4.16. The Morgan fingerprint density at radius 2 is 2.35 bits per heavy atom. The third kappa shape index (κ3) is 2.93. The number of hydrogen-bond donors (Lipinski definition) is 2. The van der Waals surface area contributed by atoms with Crippen LogP contribution in [0.15, 0.2) is 18.5 Å². The van der Waals surface area contributed by atoms with E-state index in [4.69, 9.17) is 0 Å². The summed E-state index contributed by atoms with van der Waals surface area (Å²) in [6.07, 6.45) is 6.30. The standard InChI is InChI=1S/C15H24N4O/c1-4-15(7-5-8-17-11-15)14(20)18-12-10-16-9-6-13(12)19(2)3/h6,9-10,17H,4-5,7-8,11H2,1-3H3,(H,18,20). The maximum atomic E-state index is 12.7. The Kier molecular flexibility index (Phi) is 4.60. The molecule has 0 aliphatic carbocycles. The third-order valence-corrected chi connectivity index (χ3v) is 4.16. The number of nitrogens with zero attached hydrogens (tertiary/aromatic N) is 2. The van der Waals surface area contributed by atoms with Crippen molar-refractivity contribution in [2.24, 2.45) is 5.41 Å². The first-order valence-electron chi connectivity index (χ1n) is 7.22. The van der Waals surface area contributed by atoms with Gasteiger partial charge in [0.2, 0.25) is 5.91 Å². The Morgan fingerprint density at radius 3 is 2.95 bits per heavy atom. The smallest absolute Gasteiger partial charge is 0.231 e. The van der Waals surface area contributed by atoms with Crippen molar-refractivity contribution in [3.05, 3.63) is 18.5 Å². The van der Waals surface area contributed by atoms with Gasteiger partial charge in [-0.15, -0.1) is 0 Å². The van der Waals surface area contributed by atoms with Crippen molar-refractivity contribution < 1.29 is 4.79 Å². The molecule has 0 bridgehead atoms. The van der Waals surface area contributed by atoms with Crippen LogP contribution in [0.1, 0.15) is 26.2 Å². The van der Waals surface area contributed by atoms with Crippen molar-refractivity contribution >= 4 is 17.3 Å². The Hall–Kier alpha value is -1.62. The van der Waals surface area contributed by atoms with Crippen molar-refractivity contribution in [2.75, 3.05) is 37.4 Å². The average Bonchev–Trinajstić information content (AvgIpc) is 2.48. The molecule has 0 aromatic carbocycles. The Morgan fingerprint density at radius 1 is 1.55 bits per heavy atom. The second kappa shape index (κ2) is 6.22. The van der Waals surface area contributed by atoms with Gasteiger partial charge in [0, 0.05) is 26.8 Å². The summed E-state index contributed by atoms with van der Waals surface area (Å²) in [4.78, 5) is 18.8. The monoisotopic (exact) mass is 276 g/mol. The van der Waals surface area contributed by atoms with Gasteiger partial charge in [0.05, 0.1) is 23.0 Å². The second-order valence-corrected chi connectivity index (χ2v) is 5.66. The predicted octanol–water partition coefficient (Wildman–Crippen LogP) is 1.87. The molecule has 110 valence electrons. The number of carbonyl (C=O) groups excluding carboxylic acids is 1. The van der Waals surface area contributed by atoms with Gasteiger partial charge in [0.15, 0.2) is 0 Å². The molecule has 2 rings (SSSR count). The van der Waals surface area contributed by atoms with E-state index in [1.165, 1.54) is 0 Å². The lowest BCUT2D eigenvalue weighted by atomic mass is 9.77. The van der Waals surface area contributed by atoms with Gasteiger partial charge in [0.1, 0.15) is 0 Å². The van der Waals surface area contributed by atoms with Crippen LogP contribution in [0, 0.1) is 5.41 Å². The first-order chi connectivity index (χ1) is 9.59. The maximum absolute atomic E-state index is 12.7. The molecule has 1 unspecified atom stereocenters. The zero-order valence-electron chi connectivity index (χ0n) is 12.6. The predicted molar refractivity (Wildman–Crippen MR) is 82.0 cm³/mol. The van der Waals surface area contributed by atoms with Crippen LogP contribution in [-0.2, 0) is 4.79 Å². The summed E-state index contributed by atoms with van der Waals surface area (Å²) >= 11 is 0. The molecule has 1 aromatic rings. The largest absolute Gasteiger partial charge is 0.376 e. The van der Waals surface area contributed by atoms with E-state index in [0.717, 1.165) is 43.7 Å². The molecule has 0 radical (unpaired) electrons. The zero-order chi connectivity index (χ0) is 14.6. The summed E-state index contributed by atoms with van der Waals surface area (Å²) in [5.41, 5.74) is 1.46. The number of amides is 1. The summed E-state index contributed by atoms with van der Waals surface area (Å²) < 4.78 is 0. The summed E-state index contributed by atoms with van der Waals surface area (Å²) in [7, 11) is 3.92. The number of carbonyl (C=O) groups is 1. The maximum Gasteiger partial charge on any atom is 0.231 e. The zero-order valence-corrected chi connectivity index (χ0v) is 12.6. The molecule has 0 spiro atoms. The van der Waals surface area contributed by atoms with Crippen LogP contribution < -0.4 is 15.5 Å². The highest BCUT2D eigenvalue weighted by Gasteiger charge is 2.38. The fraction of sp³-hybridized carbons (Fsp3) is 0.600. The molecule has 20 heavy (non-hydrogen) atoms. The number of rotatable bonds is 4. The second-order valence-electron chi connectivity index (χ2n) is 5.66. The molecule has 1 atom stereocenters. The molecule has 5 nitrogen and oxygen atoms in total. The Bertz CT molecular complexity index is 467. The van der Waals surface area contributed by atoms with Gasteiger partial charge in [-0.1, -0.05) is 6.92 Å². The van der Waals surface area contributed by atoms with Crippen LogP contribution in [0.5, 0.6) is 0 Å². The highest BCUT2D eigenvalue weighted by atomic mass is 16.2. The van der Waals surface area contributed by atoms with E-state index in [9.17, 15) is 4.79 Å². The SMILES string of the molecule is CCC1(C(=O)Nc2cnccc2N(C)C)CCCNC1. The topological polar surface area (TPSA) is 57.3 Å². The van der Waals surface area contributed by atoms with Crippen LogP contribution in [0.2, 0.25) is 0 Å². The molecule has 2 heterocycles. The first kappa shape index (κ1) is 14.8. The lowest BCUT2D eigenvalue weighted by molar-refractivity contribution is -0.126. The fourth-order valence-electron chi connectivity index (χ4n) is 2.75. The number of nitrogens with one attached hydrogen (secondary N) is 2. The Balaban J connectivity index is 2.18. The van der Waals surface area contributed by atoms with Gasteiger partial charge < -0.3 is 15.5 Å². The van der Waals surface area contributed by atoms with Gasteiger partial charge in [0.25, 0.3) is 0 Å². The van der Waals surface area contributed by atoms with Crippen molar-refractivity contribution in [3.8, 4) is 0 Å². The average molecular weight is 276 g/mol. The number of piperidine rings is 1. The summed E-state index contributed by atoms with van der Waals surface area (Å²) in [6.45, 7) is 3.85. The lowest BCUT2D eigenvalue weighted by Gasteiger charge is -2.35. The van der Waals surface area contributed by atoms with E-state index < -0.39 is 0 Å². The van der Waals surface area contributed by atoms with Crippen LogP contribution in [-0.4, -0.2) is 38.1 Å². The quantitative estimate of drug-likeness (QED) is 0.881. The minimum absolute atomic E-state index is 0.100. The van der Waals surface area contributed by atoms with E-state index >= 15 is 0 Å². The highest BCUT2D eigenvalue weighted by Crippen LogP contribution is 2.33. The molecule has 1 aromatic heterocycles.